The number of aromatic nitrogens is 2. The second-order valence-corrected chi connectivity index (χ2v) is 5.49. The Morgan fingerprint density at radius 1 is 1.37 bits per heavy atom. The van der Waals surface area contributed by atoms with Crippen molar-refractivity contribution in [3.63, 3.8) is 0 Å². The van der Waals surface area contributed by atoms with Crippen LogP contribution in [0.3, 0.4) is 0 Å². The minimum absolute atomic E-state index is 0.237. The maximum absolute atomic E-state index is 6.00. The molecule has 0 aliphatic carbocycles. The normalized spacial score (nSPS) is 11.6. The molecule has 1 heterocycles. The van der Waals surface area contributed by atoms with Crippen LogP contribution in [0.4, 0.5) is 0 Å². The molecule has 0 N–H and O–H groups in total. The third kappa shape index (κ3) is 3.62. The van der Waals surface area contributed by atoms with Crippen LogP contribution in [0, 0.1) is 0 Å². The highest BCUT2D eigenvalue weighted by molar-refractivity contribution is 6.31. The molecule has 0 spiro atoms. The molecule has 0 radical (unpaired) electrons. The smallest absolute Gasteiger partial charge is 0.111 e. The Hall–Kier alpha value is -0.770. The number of imidazole rings is 1. The zero-order valence-electron chi connectivity index (χ0n) is 11.2. The van der Waals surface area contributed by atoms with Crippen LogP contribution >= 0.6 is 23.2 Å². The third-order valence-electron chi connectivity index (χ3n) is 2.87. The standard InChI is InChI=1S/C14H18Cl2N2O/c1-10(2)19-8-7-18-13-4-3-11(16)9-12(13)17-14(18)5-6-15/h3-4,9-10H,5-8H2,1-2H3. The van der Waals surface area contributed by atoms with Crippen molar-refractivity contribution in [2.24, 2.45) is 0 Å². The lowest BCUT2D eigenvalue weighted by Crippen LogP contribution is -2.13. The Morgan fingerprint density at radius 2 is 2.16 bits per heavy atom. The van der Waals surface area contributed by atoms with Crippen LogP contribution in [0.5, 0.6) is 0 Å². The molecule has 0 amide bonds. The zero-order valence-corrected chi connectivity index (χ0v) is 12.7. The highest BCUT2D eigenvalue weighted by atomic mass is 35.5. The molecule has 104 valence electrons. The summed E-state index contributed by atoms with van der Waals surface area (Å²) in [5, 5.41) is 0.702. The summed E-state index contributed by atoms with van der Waals surface area (Å²) < 4.78 is 7.78. The van der Waals surface area contributed by atoms with Crippen molar-refractivity contribution in [1.29, 1.82) is 0 Å². The van der Waals surface area contributed by atoms with E-state index in [0.717, 1.165) is 29.8 Å². The number of hydrogen-bond acceptors (Lipinski definition) is 2. The van der Waals surface area contributed by atoms with E-state index in [4.69, 9.17) is 27.9 Å². The quantitative estimate of drug-likeness (QED) is 0.757. The number of aryl methyl sites for hydroxylation is 1. The van der Waals surface area contributed by atoms with Crippen LogP contribution in [0.1, 0.15) is 19.7 Å². The van der Waals surface area contributed by atoms with E-state index in [1.807, 2.05) is 32.0 Å². The first-order valence-corrected chi connectivity index (χ1v) is 7.35. The van der Waals surface area contributed by atoms with Crippen LogP contribution < -0.4 is 0 Å². The number of nitrogens with zero attached hydrogens (tertiary/aromatic N) is 2. The number of ether oxygens (including phenoxy) is 1. The number of benzene rings is 1. The minimum Gasteiger partial charge on any atom is -0.377 e. The van der Waals surface area contributed by atoms with Crippen LogP contribution in [-0.4, -0.2) is 28.1 Å². The molecule has 0 fully saturated rings. The molecule has 19 heavy (non-hydrogen) atoms. The van der Waals surface area contributed by atoms with Gasteiger partial charge in [-0.1, -0.05) is 11.6 Å². The molecule has 2 aromatic rings. The first-order chi connectivity index (χ1) is 9.11. The highest BCUT2D eigenvalue weighted by Crippen LogP contribution is 2.21. The summed E-state index contributed by atoms with van der Waals surface area (Å²) in [4.78, 5) is 4.60. The van der Waals surface area contributed by atoms with E-state index in [-0.39, 0.29) is 6.10 Å². The van der Waals surface area contributed by atoms with E-state index < -0.39 is 0 Å². The summed E-state index contributed by atoms with van der Waals surface area (Å²) in [5.74, 6) is 1.54. The predicted octanol–water partition coefficient (Wildman–Crippen LogP) is 3.90. The first kappa shape index (κ1) is 14.6. The average Bonchev–Trinajstić information content (AvgIpc) is 2.66. The molecule has 0 unspecified atom stereocenters. The predicted molar refractivity (Wildman–Crippen MR) is 80.3 cm³/mol. The minimum atomic E-state index is 0.237. The van der Waals surface area contributed by atoms with Crippen molar-refractivity contribution in [3.05, 3.63) is 29.0 Å². The van der Waals surface area contributed by atoms with Gasteiger partial charge in [0.15, 0.2) is 0 Å². The van der Waals surface area contributed by atoms with Crippen molar-refractivity contribution in [2.75, 3.05) is 12.5 Å². The Morgan fingerprint density at radius 3 is 2.84 bits per heavy atom. The molecule has 0 saturated heterocycles. The van der Waals surface area contributed by atoms with Gasteiger partial charge in [0, 0.05) is 23.9 Å². The monoisotopic (exact) mass is 300 g/mol. The van der Waals surface area contributed by atoms with Crippen LogP contribution in [-0.2, 0) is 17.7 Å². The summed E-state index contributed by atoms with van der Waals surface area (Å²) in [6, 6.07) is 5.77. The summed E-state index contributed by atoms with van der Waals surface area (Å²) in [5.41, 5.74) is 1.99. The van der Waals surface area contributed by atoms with E-state index in [1.54, 1.807) is 0 Å². The SMILES string of the molecule is CC(C)OCCn1c(CCCl)nc2cc(Cl)ccc21. The van der Waals surface area contributed by atoms with E-state index in [1.165, 1.54) is 0 Å². The fraction of sp³-hybridized carbons (Fsp3) is 0.500. The Kier molecular flexibility index (Phi) is 5.08. The molecule has 2 rings (SSSR count). The Balaban J connectivity index is 2.29. The van der Waals surface area contributed by atoms with E-state index >= 15 is 0 Å². The topological polar surface area (TPSA) is 27.1 Å². The molecule has 3 nitrogen and oxygen atoms in total. The second kappa shape index (κ2) is 6.60. The maximum atomic E-state index is 6.00. The van der Waals surface area contributed by atoms with Gasteiger partial charge in [0.2, 0.25) is 0 Å². The molecule has 0 aliphatic heterocycles. The fourth-order valence-electron chi connectivity index (χ4n) is 2.06. The average molecular weight is 301 g/mol. The van der Waals surface area contributed by atoms with Gasteiger partial charge in [-0.05, 0) is 32.0 Å². The van der Waals surface area contributed by atoms with Crippen LogP contribution in [0.25, 0.3) is 11.0 Å². The van der Waals surface area contributed by atoms with E-state index in [0.29, 0.717) is 17.5 Å². The molecule has 5 heteroatoms. The third-order valence-corrected chi connectivity index (χ3v) is 3.30. The fourth-order valence-corrected chi connectivity index (χ4v) is 2.39. The second-order valence-electron chi connectivity index (χ2n) is 4.67. The van der Waals surface area contributed by atoms with Gasteiger partial charge in [0.25, 0.3) is 0 Å². The van der Waals surface area contributed by atoms with Crippen LogP contribution in [0.15, 0.2) is 18.2 Å². The summed E-state index contributed by atoms with van der Waals surface area (Å²) >= 11 is 11.8. The highest BCUT2D eigenvalue weighted by Gasteiger charge is 2.10. The number of halogens is 2. The van der Waals surface area contributed by atoms with Crippen molar-refractivity contribution >= 4 is 34.2 Å². The first-order valence-electron chi connectivity index (χ1n) is 6.44. The number of rotatable bonds is 6. The molecule has 1 aromatic heterocycles. The lowest BCUT2D eigenvalue weighted by atomic mass is 10.3. The summed E-state index contributed by atoms with van der Waals surface area (Å²) in [6.45, 7) is 5.51. The van der Waals surface area contributed by atoms with Gasteiger partial charge in [0.1, 0.15) is 5.82 Å². The van der Waals surface area contributed by atoms with Gasteiger partial charge in [-0.3, -0.25) is 0 Å². The molecule has 1 aromatic carbocycles. The molecule has 0 saturated carbocycles. The van der Waals surface area contributed by atoms with Crippen LogP contribution in [0.2, 0.25) is 5.02 Å². The van der Waals surface area contributed by atoms with Crippen molar-refractivity contribution < 1.29 is 4.74 Å². The number of fused-ring (bicyclic) bond motifs is 1. The lowest BCUT2D eigenvalue weighted by Gasteiger charge is -2.11. The van der Waals surface area contributed by atoms with Gasteiger partial charge in [0.05, 0.1) is 23.7 Å². The molecule has 0 aliphatic rings. The summed E-state index contributed by atoms with van der Waals surface area (Å²) in [7, 11) is 0. The Bertz CT molecular complexity index is 552. The number of hydrogen-bond donors (Lipinski definition) is 0. The molecule has 0 bridgehead atoms. The largest absolute Gasteiger partial charge is 0.377 e. The maximum Gasteiger partial charge on any atom is 0.111 e. The van der Waals surface area contributed by atoms with E-state index in [9.17, 15) is 0 Å². The van der Waals surface area contributed by atoms with Crippen molar-refractivity contribution in [3.8, 4) is 0 Å². The molecule has 0 atom stereocenters. The van der Waals surface area contributed by atoms with Gasteiger partial charge < -0.3 is 9.30 Å². The molecular weight excluding hydrogens is 283 g/mol. The molecular formula is C14H18Cl2N2O. The van der Waals surface area contributed by atoms with Crippen molar-refractivity contribution in [1.82, 2.24) is 9.55 Å². The Labute approximate surface area is 123 Å². The zero-order chi connectivity index (χ0) is 13.8. The lowest BCUT2D eigenvalue weighted by molar-refractivity contribution is 0.0729. The number of alkyl halides is 1. The van der Waals surface area contributed by atoms with Gasteiger partial charge >= 0.3 is 0 Å². The van der Waals surface area contributed by atoms with E-state index in [2.05, 4.69) is 9.55 Å². The van der Waals surface area contributed by atoms with Gasteiger partial charge in [-0.25, -0.2) is 4.98 Å². The van der Waals surface area contributed by atoms with Gasteiger partial charge in [-0.2, -0.15) is 0 Å². The summed E-state index contributed by atoms with van der Waals surface area (Å²) in [6.07, 6.45) is 0.982. The van der Waals surface area contributed by atoms with Gasteiger partial charge in [-0.15, -0.1) is 11.6 Å². The van der Waals surface area contributed by atoms with Crippen molar-refractivity contribution in [2.45, 2.75) is 32.9 Å².